The number of aliphatic hydroxyl groups excluding tert-OH is 1. The number of esters is 4. The first-order chi connectivity index (χ1) is 45.3. The molecule has 0 spiro atoms. The third-order valence-electron chi connectivity index (χ3n) is 18.5. The topological polar surface area (TPSA) is 237 Å². The van der Waals surface area contributed by atoms with Crippen LogP contribution in [0.3, 0.4) is 0 Å². The van der Waals surface area contributed by atoms with Gasteiger partial charge in [-0.2, -0.15) is 0 Å². The molecule has 0 aliphatic rings. The number of ether oxygens (including phenoxy) is 4. The highest BCUT2D eigenvalue weighted by molar-refractivity contribution is 7.47. The van der Waals surface area contributed by atoms with Crippen LogP contribution in [0.25, 0.3) is 0 Å². The molecular formula is C75H146O17P2. The van der Waals surface area contributed by atoms with E-state index in [1.54, 1.807) is 0 Å². The monoisotopic (exact) mass is 1380 g/mol. The molecule has 0 aromatic carbocycles. The molecule has 94 heavy (non-hydrogen) atoms. The zero-order valence-electron chi connectivity index (χ0n) is 61.4. The highest BCUT2D eigenvalue weighted by Crippen LogP contribution is 2.45. The summed E-state index contributed by atoms with van der Waals surface area (Å²) < 4.78 is 68.4. The van der Waals surface area contributed by atoms with E-state index in [-0.39, 0.29) is 25.7 Å². The van der Waals surface area contributed by atoms with Gasteiger partial charge in [-0.25, -0.2) is 9.13 Å². The van der Waals surface area contributed by atoms with Gasteiger partial charge in [0.25, 0.3) is 0 Å². The summed E-state index contributed by atoms with van der Waals surface area (Å²) >= 11 is 0. The molecule has 0 saturated carbocycles. The molecule has 8 atom stereocenters. The number of unbranched alkanes of at least 4 members (excludes halogenated alkanes) is 38. The minimum atomic E-state index is -4.96. The number of carbonyl (C=O) groups excluding carboxylic acids is 4. The van der Waals surface area contributed by atoms with Crippen LogP contribution in [-0.4, -0.2) is 96.7 Å². The number of hydrogen-bond donors (Lipinski definition) is 3. The molecule has 558 valence electrons. The Hall–Kier alpha value is -1.94. The SMILES string of the molecule is CCCCCCCCCCCCCCC(=O)OC[C@H](COP(=O)(O)OC[C@@H](O)COP(=O)(O)OC[C@@H](COC(=O)CCCCCCCCC(C)CC)OC(=O)CCCCCCCCC(C)CC)OC(=O)CCCCCCCCCCCCCCCCCCCCC(C)CC. The molecule has 0 heterocycles. The summed E-state index contributed by atoms with van der Waals surface area (Å²) in [5.41, 5.74) is 0. The average Bonchev–Trinajstić information content (AvgIpc) is 2.08. The van der Waals surface area contributed by atoms with E-state index in [1.807, 2.05) is 0 Å². The van der Waals surface area contributed by atoms with Crippen molar-refractivity contribution < 1.29 is 80.2 Å². The van der Waals surface area contributed by atoms with Gasteiger partial charge in [-0.15, -0.1) is 0 Å². The molecule has 0 aliphatic heterocycles. The Labute approximate surface area is 575 Å². The summed E-state index contributed by atoms with van der Waals surface area (Å²) in [6, 6.07) is 0. The molecule has 17 nitrogen and oxygen atoms in total. The van der Waals surface area contributed by atoms with Crippen LogP contribution in [0.15, 0.2) is 0 Å². The molecule has 19 heteroatoms. The second-order valence-corrected chi connectivity index (χ2v) is 30.7. The Balaban J connectivity index is 5.17. The Morgan fingerprint density at radius 1 is 0.298 bits per heavy atom. The average molecular weight is 1380 g/mol. The second-order valence-electron chi connectivity index (χ2n) is 27.8. The zero-order chi connectivity index (χ0) is 69.4. The Morgan fingerprint density at radius 2 is 0.511 bits per heavy atom. The number of hydrogen-bond acceptors (Lipinski definition) is 15. The van der Waals surface area contributed by atoms with E-state index in [4.69, 9.17) is 37.0 Å². The van der Waals surface area contributed by atoms with Crippen molar-refractivity contribution in [1.82, 2.24) is 0 Å². The summed E-state index contributed by atoms with van der Waals surface area (Å²) in [4.78, 5) is 72.7. The van der Waals surface area contributed by atoms with Gasteiger partial charge in [-0.3, -0.25) is 37.3 Å². The van der Waals surface area contributed by atoms with Gasteiger partial charge in [0, 0.05) is 25.7 Å². The van der Waals surface area contributed by atoms with Crippen molar-refractivity contribution in [3.8, 4) is 0 Å². The van der Waals surface area contributed by atoms with Gasteiger partial charge in [0.15, 0.2) is 12.2 Å². The van der Waals surface area contributed by atoms with Crippen LogP contribution in [0.2, 0.25) is 0 Å². The Bertz CT molecular complexity index is 1840. The van der Waals surface area contributed by atoms with Crippen LogP contribution < -0.4 is 0 Å². The van der Waals surface area contributed by atoms with Crippen LogP contribution in [0.4, 0.5) is 0 Å². The van der Waals surface area contributed by atoms with Gasteiger partial charge in [0.2, 0.25) is 0 Å². The molecular weight excluding hydrogens is 1230 g/mol. The number of carbonyl (C=O) groups is 4. The molecule has 0 saturated heterocycles. The quantitative estimate of drug-likeness (QED) is 0.0222. The summed E-state index contributed by atoms with van der Waals surface area (Å²) in [6.07, 6.45) is 51.5. The maximum absolute atomic E-state index is 13.1. The molecule has 5 unspecified atom stereocenters. The van der Waals surface area contributed by atoms with Crippen molar-refractivity contribution in [2.45, 2.75) is 401 Å². The number of rotatable bonds is 73. The number of phosphoric ester groups is 2. The van der Waals surface area contributed by atoms with E-state index in [1.165, 1.54) is 186 Å². The van der Waals surface area contributed by atoms with Crippen molar-refractivity contribution in [3.05, 3.63) is 0 Å². The summed E-state index contributed by atoms with van der Waals surface area (Å²) in [7, 11) is -9.91. The van der Waals surface area contributed by atoms with Gasteiger partial charge in [-0.1, -0.05) is 331 Å². The van der Waals surface area contributed by atoms with Crippen LogP contribution in [0, 0.1) is 17.8 Å². The largest absolute Gasteiger partial charge is 0.472 e. The summed E-state index contributed by atoms with van der Waals surface area (Å²) in [6.45, 7) is 11.9. The van der Waals surface area contributed by atoms with Crippen LogP contribution >= 0.6 is 15.6 Å². The van der Waals surface area contributed by atoms with Gasteiger partial charge in [0.1, 0.15) is 19.3 Å². The third-order valence-corrected chi connectivity index (χ3v) is 20.4. The first kappa shape index (κ1) is 92.1. The lowest BCUT2D eigenvalue weighted by molar-refractivity contribution is -0.161. The minimum absolute atomic E-state index is 0.102. The minimum Gasteiger partial charge on any atom is -0.462 e. The van der Waals surface area contributed by atoms with E-state index in [2.05, 4.69) is 48.5 Å². The van der Waals surface area contributed by atoms with E-state index < -0.39 is 97.5 Å². The van der Waals surface area contributed by atoms with E-state index in [0.29, 0.717) is 25.7 Å². The maximum atomic E-state index is 13.1. The van der Waals surface area contributed by atoms with E-state index in [0.717, 1.165) is 114 Å². The molecule has 0 aliphatic carbocycles. The molecule has 0 bridgehead atoms. The van der Waals surface area contributed by atoms with E-state index >= 15 is 0 Å². The van der Waals surface area contributed by atoms with Gasteiger partial charge in [-0.05, 0) is 43.4 Å². The van der Waals surface area contributed by atoms with E-state index in [9.17, 15) is 43.2 Å². The lowest BCUT2D eigenvalue weighted by Gasteiger charge is -2.21. The van der Waals surface area contributed by atoms with Gasteiger partial charge >= 0.3 is 39.5 Å². The molecule has 0 aromatic rings. The summed E-state index contributed by atoms with van der Waals surface area (Å²) in [5.74, 6) is 0.198. The van der Waals surface area contributed by atoms with Crippen LogP contribution in [0.5, 0.6) is 0 Å². The predicted octanol–water partition coefficient (Wildman–Crippen LogP) is 21.8. The molecule has 3 N–H and O–H groups in total. The molecule has 0 aromatic heterocycles. The second kappa shape index (κ2) is 65.7. The fraction of sp³-hybridized carbons (Fsp3) is 0.947. The number of phosphoric acid groups is 2. The standard InChI is InChI=1S/C75H146O17P2/c1-8-12-13-14-15-16-17-27-30-33-42-49-56-72(77)85-62-70(91-74(79)58-51-44-34-31-28-25-23-21-19-18-20-22-24-26-29-32-39-46-53-66(5)9-2)64-89-93(81,82)87-60-69(76)61-88-94(83,84)90-65-71(92-75(80)59-52-45-38-36-41-48-55-68(7)11-4)63-86-73(78)57-50-43-37-35-40-47-54-67(6)10-3/h66-71,76H,8-65H2,1-7H3,(H,81,82)(H,83,84)/t66?,67?,68?,69-,70-,71-/m1/s1. The Kier molecular flexibility index (Phi) is 64.3. The molecule has 0 radical (unpaired) electrons. The zero-order valence-corrected chi connectivity index (χ0v) is 63.2. The fourth-order valence-corrected chi connectivity index (χ4v) is 12.9. The lowest BCUT2D eigenvalue weighted by atomic mass is 9.99. The molecule has 0 rings (SSSR count). The van der Waals surface area contributed by atoms with Crippen molar-refractivity contribution in [1.29, 1.82) is 0 Å². The van der Waals surface area contributed by atoms with Crippen molar-refractivity contribution in [2.24, 2.45) is 17.8 Å². The first-order valence-electron chi connectivity index (χ1n) is 39.0. The maximum Gasteiger partial charge on any atom is 0.472 e. The van der Waals surface area contributed by atoms with Crippen LogP contribution in [0.1, 0.15) is 382 Å². The number of aliphatic hydroxyl groups is 1. The van der Waals surface area contributed by atoms with Gasteiger partial charge < -0.3 is 33.8 Å². The van der Waals surface area contributed by atoms with Crippen molar-refractivity contribution in [2.75, 3.05) is 39.6 Å². The molecule has 0 fully saturated rings. The predicted molar refractivity (Wildman–Crippen MR) is 381 cm³/mol. The van der Waals surface area contributed by atoms with Gasteiger partial charge in [0.05, 0.1) is 26.4 Å². The highest BCUT2D eigenvalue weighted by Gasteiger charge is 2.30. The fourth-order valence-electron chi connectivity index (χ4n) is 11.3. The third kappa shape index (κ3) is 64.7. The van der Waals surface area contributed by atoms with Crippen LogP contribution in [-0.2, 0) is 65.4 Å². The Morgan fingerprint density at radius 3 is 0.755 bits per heavy atom. The summed E-state index contributed by atoms with van der Waals surface area (Å²) in [5, 5.41) is 10.6. The normalized spacial score (nSPS) is 15.0. The smallest absolute Gasteiger partial charge is 0.462 e. The van der Waals surface area contributed by atoms with Crippen molar-refractivity contribution >= 4 is 39.5 Å². The molecule has 0 amide bonds. The lowest BCUT2D eigenvalue weighted by Crippen LogP contribution is -2.30. The van der Waals surface area contributed by atoms with Crippen molar-refractivity contribution in [3.63, 3.8) is 0 Å². The highest BCUT2D eigenvalue weighted by atomic mass is 31.2. The first-order valence-corrected chi connectivity index (χ1v) is 42.0.